The van der Waals surface area contributed by atoms with Gasteiger partial charge in [-0.05, 0) is 13.8 Å². The third kappa shape index (κ3) is 7.36. The Kier molecular flexibility index (Phi) is 9.98. The van der Waals surface area contributed by atoms with E-state index in [9.17, 15) is 33.8 Å². The van der Waals surface area contributed by atoms with Gasteiger partial charge in [-0.1, -0.05) is 0 Å². The van der Waals surface area contributed by atoms with Crippen molar-refractivity contribution >= 4 is 55.9 Å². The third-order valence-electron chi connectivity index (χ3n) is 8.03. The van der Waals surface area contributed by atoms with Crippen LogP contribution in [0, 0.1) is 0 Å². The number of hydrogen-bond donors (Lipinski definition) is 6. The Morgan fingerprint density at radius 3 is 2.42 bits per heavy atom. The summed E-state index contributed by atoms with van der Waals surface area (Å²) in [6.45, 7) is 0.297. The molecule has 4 aromatic heterocycles. The first-order valence-corrected chi connectivity index (χ1v) is 18.5. The number of nitrogens with two attached hydrogens (primary N) is 2. The number of anilines is 2. The molecule has 28 heteroatoms. The monoisotopic (exact) mass is 790 g/mol. The highest BCUT2D eigenvalue weighted by Crippen LogP contribution is 2.56. The first-order valence-electron chi connectivity index (χ1n) is 15.5. The van der Waals surface area contributed by atoms with Gasteiger partial charge >= 0.3 is 21.8 Å². The first kappa shape index (κ1) is 37.2. The number of aliphatic hydroxyl groups excluding tert-OH is 2. The molecule has 0 aromatic carbocycles. The van der Waals surface area contributed by atoms with E-state index in [1.54, 1.807) is 13.8 Å². The van der Waals surface area contributed by atoms with Crippen molar-refractivity contribution in [2.75, 3.05) is 31.5 Å². The van der Waals surface area contributed by atoms with Gasteiger partial charge in [-0.3, -0.25) is 37.0 Å². The second-order valence-corrected chi connectivity index (χ2v) is 15.0. The van der Waals surface area contributed by atoms with Crippen LogP contribution in [-0.4, -0.2) is 123 Å². The number of H-pyrrole nitrogens is 1. The highest BCUT2D eigenvalue weighted by Gasteiger charge is 2.54. The van der Waals surface area contributed by atoms with Gasteiger partial charge in [0.2, 0.25) is 12.7 Å². The molecule has 3 saturated heterocycles. The highest BCUT2D eigenvalue weighted by molar-refractivity contribution is 7.48. The Hall–Kier alpha value is -4.17. The van der Waals surface area contributed by atoms with Gasteiger partial charge < -0.3 is 45.5 Å². The number of nitrogens with zero attached hydrogens (tertiary/aromatic N) is 7. The van der Waals surface area contributed by atoms with Crippen LogP contribution in [0.2, 0.25) is 0 Å². The lowest BCUT2D eigenvalue weighted by molar-refractivity contribution is -0.0772. The fraction of sp³-hybridized carbons (Fsp3) is 0.560. The second-order valence-electron chi connectivity index (χ2n) is 11.9. The van der Waals surface area contributed by atoms with Gasteiger partial charge in [0, 0.05) is 0 Å². The zero-order valence-electron chi connectivity index (χ0n) is 27.4. The number of aromatic nitrogens is 8. The SMILES string of the molecule is CC(C)OC(=O)OCOP1(=O)OC[C@H]2O[C@@H](n3cnc4c(N)ncnc43)C(O)[C@H]2OP(=O)(O)OC[C@H]2O[C@@H](n3cnc4c(=O)[nH]c(N)nc43)[C@@H](O1)C2O. The van der Waals surface area contributed by atoms with Gasteiger partial charge in [-0.15, -0.1) is 0 Å². The maximum Gasteiger partial charge on any atom is 0.510 e. The lowest BCUT2D eigenvalue weighted by Crippen LogP contribution is -2.36. The number of nitrogens with one attached hydrogen (secondary N) is 1. The molecule has 8 N–H and O–H groups in total. The molecule has 3 aliphatic heterocycles. The van der Waals surface area contributed by atoms with Crippen LogP contribution in [0.4, 0.5) is 16.6 Å². The van der Waals surface area contributed by atoms with Gasteiger partial charge in [0.05, 0.1) is 32.0 Å². The maximum absolute atomic E-state index is 14.4. The van der Waals surface area contributed by atoms with E-state index < -0.39 is 103 Å². The molecular formula is C25H32N10O16P2. The van der Waals surface area contributed by atoms with E-state index in [2.05, 4.69) is 29.9 Å². The lowest BCUT2D eigenvalue weighted by Gasteiger charge is -2.27. The van der Waals surface area contributed by atoms with E-state index in [1.807, 2.05) is 0 Å². The smallest absolute Gasteiger partial charge is 0.432 e. The van der Waals surface area contributed by atoms with Crippen molar-refractivity contribution in [3.8, 4) is 0 Å². The Morgan fingerprint density at radius 1 is 0.962 bits per heavy atom. The summed E-state index contributed by atoms with van der Waals surface area (Å²) in [5.74, 6) is -0.298. The van der Waals surface area contributed by atoms with Crippen molar-refractivity contribution in [1.29, 1.82) is 0 Å². The number of ether oxygens (including phenoxy) is 4. The topological polar surface area (TPSA) is 354 Å². The molecule has 10 atom stereocenters. The zero-order chi connectivity index (χ0) is 37.8. The first-order chi connectivity index (χ1) is 25.1. The summed E-state index contributed by atoms with van der Waals surface area (Å²) in [5, 5.41) is 22.7. The van der Waals surface area contributed by atoms with Crippen molar-refractivity contribution in [3.63, 3.8) is 0 Å². The van der Waals surface area contributed by atoms with Crippen LogP contribution >= 0.6 is 15.6 Å². The van der Waals surface area contributed by atoms with Gasteiger partial charge in [0.1, 0.15) is 48.5 Å². The van der Waals surface area contributed by atoms with E-state index in [0.29, 0.717) is 0 Å². The number of aromatic amines is 1. The molecule has 3 fully saturated rings. The van der Waals surface area contributed by atoms with Crippen molar-refractivity contribution in [2.24, 2.45) is 0 Å². The van der Waals surface area contributed by atoms with Crippen molar-refractivity contribution in [3.05, 3.63) is 29.3 Å². The van der Waals surface area contributed by atoms with Crippen molar-refractivity contribution < 1.29 is 70.6 Å². The number of nitrogen functional groups attached to an aromatic ring is 2. The zero-order valence-corrected chi connectivity index (χ0v) is 29.2. The van der Waals surface area contributed by atoms with Crippen molar-refractivity contribution in [1.82, 2.24) is 39.0 Å². The normalized spacial score (nSPS) is 33.7. The van der Waals surface area contributed by atoms with Crippen LogP contribution < -0.4 is 17.0 Å². The van der Waals surface area contributed by atoms with Crippen LogP contribution in [0.25, 0.3) is 22.3 Å². The Labute approximate surface area is 295 Å². The number of carbonyl (C=O) groups is 1. The van der Waals surface area contributed by atoms with E-state index in [-0.39, 0.29) is 34.1 Å². The largest absolute Gasteiger partial charge is 0.510 e. The van der Waals surface area contributed by atoms with E-state index in [0.717, 1.165) is 17.2 Å². The Bertz CT molecular complexity index is 2160. The van der Waals surface area contributed by atoms with Gasteiger partial charge in [-0.25, -0.2) is 38.4 Å². The van der Waals surface area contributed by atoms with Crippen LogP contribution in [0.5, 0.6) is 0 Å². The van der Waals surface area contributed by atoms with Gasteiger partial charge in [0.15, 0.2) is 35.1 Å². The summed E-state index contributed by atoms with van der Waals surface area (Å²) in [6.07, 6.45) is -11.5. The molecule has 288 valence electrons. The molecule has 7 rings (SSSR count). The van der Waals surface area contributed by atoms with E-state index in [4.69, 9.17) is 53.0 Å². The van der Waals surface area contributed by atoms with E-state index in [1.165, 1.54) is 10.9 Å². The number of aliphatic hydroxyl groups is 2. The molecule has 0 spiro atoms. The molecule has 3 aliphatic rings. The minimum Gasteiger partial charge on any atom is -0.432 e. The third-order valence-corrected chi connectivity index (χ3v) is 10.4. The quantitative estimate of drug-likeness (QED) is 0.0791. The number of phosphoric ester groups is 2. The molecule has 2 bridgehead atoms. The minimum atomic E-state index is -5.15. The number of rotatable bonds is 6. The fourth-order valence-electron chi connectivity index (χ4n) is 5.72. The van der Waals surface area contributed by atoms with Crippen molar-refractivity contribution in [2.45, 2.75) is 69.0 Å². The van der Waals surface area contributed by atoms with Crippen LogP contribution in [0.1, 0.15) is 26.3 Å². The molecule has 7 heterocycles. The number of hydrogen-bond acceptors (Lipinski definition) is 22. The Morgan fingerprint density at radius 2 is 1.66 bits per heavy atom. The summed E-state index contributed by atoms with van der Waals surface area (Å²) in [5.41, 5.74) is 10.8. The second kappa shape index (κ2) is 14.2. The number of fused-ring (bicyclic) bond motifs is 5. The average Bonchev–Trinajstić information content (AvgIpc) is 3.84. The minimum absolute atomic E-state index is 0.0125. The maximum atomic E-state index is 14.4. The molecule has 4 aromatic rings. The predicted molar refractivity (Wildman–Crippen MR) is 170 cm³/mol. The molecule has 26 nitrogen and oxygen atoms in total. The van der Waals surface area contributed by atoms with Crippen LogP contribution in [0.15, 0.2) is 23.8 Å². The number of imidazole rings is 2. The van der Waals surface area contributed by atoms with E-state index >= 15 is 0 Å². The summed E-state index contributed by atoms with van der Waals surface area (Å²) in [7, 11) is -10.2. The molecule has 53 heavy (non-hydrogen) atoms. The fourth-order valence-corrected chi connectivity index (χ4v) is 7.92. The molecular weight excluding hydrogens is 758 g/mol. The van der Waals surface area contributed by atoms with Crippen LogP contribution in [0.3, 0.4) is 0 Å². The van der Waals surface area contributed by atoms with Gasteiger partial charge in [-0.2, -0.15) is 4.98 Å². The lowest BCUT2D eigenvalue weighted by atomic mass is 10.1. The molecule has 0 saturated carbocycles. The average molecular weight is 791 g/mol. The molecule has 0 radical (unpaired) electrons. The highest BCUT2D eigenvalue weighted by atomic mass is 31.2. The number of carbonyl (C=O) groups excluding carboxylic acids is 1. The predicted octanol–water partition coefficient (Wildman–Crippen LogP) is -0.798. The molecule has 0 amide bonds. The summed E-state index contributed by atoms with van der Waals surface area (Å²) >= 11 is 0. The molecule has 4 unspecified atom stereocenters. The van der Waals surface area contributed by atoms with Crippen LogP contribution in [-0.2, 0) is 50.7 Å². The van der Waals surface area contributed by atoms with Gasteiger partial charge in [0.25, 0.3) is 5.56 Å². The summed E-state index contributed by atoms with van der Waals surface area (Å²) in [4.78, 5) is 57.8. The number of phosphoric acid groups is 2. The molecule has 0 aliphatic carbocycles. The Balaban J connectivity index is 1.23. The standard InChI is InChI=1S/C25H32N10O16P2/c1-9(2)47-25(39)43-8-46-53(42)45-4-11-16(15(37)22(49-11)34-6-30-12-18(26)28-5-29-19(12)34)50-52(40,41)44-3-10-14(36)17(51-53)23(48-10)35-7-31-13-20(35)32-24(27)33-21(13)38/h5-7,9-11,14-17,22-23,36-37H,3-4,8H2,1-2H3,(H,40,41)(H2,26,28,29)(H3,27,32,33,38)/t10-,11-,14?,15?,16+,17+,22-,23-,53?/m1/s1. The summed E-state index contributed by atoms with van der Waals surface area (Å²) in [6, 6.07) is 0. The summed E-state index contributed by atoms with van der Waals surface area (Å²) < 4.78 is 78.9.